The summed E-state index contributed by atoms with van der Waals surface area (Å²) in [5.74, 6) is -0.0919. The van der Waals surface area contributed by atoms with Gasteiger partial charge in [0.15, 0.2) is 0 Å². The Bertz CT molecular complexity index is 844. The SMILES string of the molecule is CCCc1ccc([C@H](NCC(=O)NCC(=O)Nc2cccc(C)c2C)C(C)C)cc1. The number of carbonyl (C=O) groups is 2. The Hall–Kier alpha value is -2.66. The molecule has 0 aliphatic heterocycles. The van der Waals surface area contributed by atoms with Gasteiger partial charge in [0.25, 0.3) is 0 Å². The molecule has 2 amide bonds. The monoisotopic (exact) mass is 409 g/mol. The minimum absolute atomic E-state index is 0.0496. The van der Waals surface area contributed by atoms with Crippen LogP contribution in [0.1, 0.15) is 55.5 Å². The zero-order valence-corrected chi connectivity index (χ0v) is 18.8. The van der Waals surface area contributed by atoms with Gasteiger partial charge >= 0.3 is 0 Å². The second-order valence-corrected chi connectivity index (χ2v) is 8.17. The van der Waals surface area contributed by atoms with Gasteiger partial charge in [-0.05, 0) is 54.5 Å². The minimum Gasteiger partial charge on any atom is -0.346 e. The van der Waals surface area contributed by atoms with E-state index in [0.717, 1.165) is 29.7 Å². The number of hydrogen-bond acceptors (Lipinski definition) is 3. The van der Waals surface area contributed by atoms with Crippen LogP contribution in [0.25, 0.3) is 0 Å². The van der Waals surface area contributed by atoms with E-state index in [1.165, 1.54) is 11.1 Å². The number of aryl methyl sites for hydroxylation is 2. The molecule has 0 bridgehead atoms. The van der Waals surface area contributed by atoms with Gasteiger partial charge in [0.2, 0.25) is 11.8 Å². The Morgan fingerprint density at radius 3 is 2.27 bits per heavy atom. The lowest BCUT2D eigenvalue weighted by Crippen LogP contribution is -2.40. The predicted octanol–water partition coefficient (Wildman–Crippen LogP) is 4.30. The average molecular weight is 410 g/mol. The van der Waals surface area contributed by atoms with E-state index >= 15 is 0 Å². The molecule has 0 saturated heterocycles. The second-order valence-electron chi connectivity index (χ2n) is 8.17. The zero-order valence-electron chi connectivity index (χ0n) is 18.8. The van der Waals surface area contributed by atoms with Gasteiger partial charge in [-0.25, -0.2) is 0 Å². The summed E-state index contributed by atoms with van der Waals surface area (Å²) in [5.41, 5.74) is 5.42. The summed E-state index contributed by atoms with van der Waals surface area (Å²) in [7, 11) is 0. The summed E-state index contributed by atoms with van der Waals surface area (Å²) in [6.07, 6.45) is 2.20. The number of carbonyl (C=O) groups excluding carboxylic acids is 2. The van der Waals surface area contributed by atoms with E-state index in [1.807, 2.05) is 32.0 Å². The van der Waals surface area contributed by atoms with E-state index in [0.29, 0.717) is 5.92 Å². The maximum atomic E-state index is 12.3. The van der Waals surface area contributed by atoms with E-state index in [2.05, 4.69) is 61.0 Å². The van der Waals surface area contributed by atoms with Crippen molar-refractivity contribution in [1.29, 1.82) is 0 Å². The van der Waals surface area contributed by atoms with Gasteiger partial charge in [-0.1, -0.05) is 63.6 Å². The highest BCUT2D eigenvalue weighted by Crippen LogP contribution is 2.22. The maximum Gasteiger partial charge on any atom is 0.243 e. The van der Waals surface area contributed by atoms with Crippen molar-refractivity contribution >= 4 is 17.5 Å². The molecule has 0 aromatic heterocycles. The number of nitrogens with one attached hydrogen (secondary N) is 3. The number of anilines is 1. The Morgan fingerprint density at radius 1 is 0.933 bits per heavy atom. The summed E-state index contributed by atoms with van der Waals surface area (Å²) in [6, 6.07) is 14.4. The first-order valence-electron chi connectivity index (χ1n) is 10.8. The summed E-state index contributed by atoms with van der Waals surface area (Å²) in [5, 5.41) is 8.88. The fraction of sp³-hybridized carbons (Fsp3) is 0.440. The molecule has 30 heavy (non-hydrogen) atoms. The molecular formula is C25H35N3O2. The summed E-state index contributed by atoms with van der Waals surface area (Å²) in [6.45, 7) is 10.5. The fourth-order valence-corrected chi connectivity index (χ4v) is 3.44. The van der Waals surface area contributed by atoms with Crippen LogP contribution in [0.15, 0.2) is 42.5 Å². The third kappa shape index (κ3) is 6.99. The third-order valence-corrected chi connectivity index (χ3v) is 5.35. The predicted molar refractivity (Wildman–Crippen MR) is 124 cm³/mol. The van der Waals surface area contributed by atoms with E-state index in [-0.39, 0.29) is 30.9 Å². The second kappa shape index (κ2) is 11.5. The molecule has 0 heterocycles. The van der Waals surface area contributed by atoms with Gasteiger partial charge in [-0.2, -0.15) is 0 Å². The van der Waals surface area contributed by atoms with Crippen LogP contribution < -0.4 is 16.0 Å². The molecule has 2 aromatic rings. The number of amides is 2. The van der Waals surface area contributed by atoms with E-state index in [1.54, 1.807) is 0 Å². The van der Waals surface area contributed by atoms with Crippen molar-refractivity contribution < 1.29 is 9.59 Å². The highest BCUT2D eigenvalue weighted by Gasteiger charge is 2.17. The molecule has 2 rings (SSSR count). The first-order chi connectivity index (χ1) is 14.3. The molecule has 0 spiro atoms. The van der Waals surface area contributed by atoms with Crippen LogP contribution in [0.4, 0.5) is 5.69 Å². The third-order valence-electron chi connectivity index (χ3n) is 5.35. The molecule has 3 N–H and O–H groups in total. The Kier molecular flexibility index (Phi) is 9.06. The maximum absolute atomic E-state index is 12.3. The van der Waals surface area contributed by atoms with E-state index in [4.69, 9.17) is 0 Å². The average Bonchev–Trinajstić information content (AvgIpc) is 2.71. The molecule has 0 aliphatic carbocycles. The number of rotatable bonds is 10. The molecule has 0 aliphatic rings. The Balaban J connectivity index is 1.84. The molecule has 0 saturated carbocycles. The Labute approximate surface area is 180 Å². The van der Waals surface area contributed by atoms with Crippen molar-refractivity contribution in [3.63, 3.8) is 0 Å². The van der Waals surface area contributed by atoms with Crippen LogP contribution in [0.3, 0.4) is 0 Å². The molecule has 162 valence electrons. The lowest BCUT2D eigenvalue weighted by Gasteiger charge is -2.23. The van der Waals surface area contributed by atoms with Crippen LogP contribution in [0.2, 0.25) is 0 Å². The van der Waals surface area contributed by atoms with Gasteiger partial charge in [-0.15, -0.1) is 0 Å². The lowest BCUT2D eigenvalue weighted by atomic mass is 9.94. The standard InChI is InChI=1S/C25H35N3O2/c1-6-8-20-11-13-21(14-12-20)25(17(2)3)27-15-23(29)26-16-24(30)28-22-10-7-9-18(4)19(22)5/h7,9-14,17,25,27H,6,8,15-16H2,1-5H3,(H,26,29)(H,28,30)/t25-/m1/s1. The van der Waals surface area contributed by atoms with Gasteiger partial charge < -0.3 is 16.0 Å². The number of benzene rings is 2. The van der Waals surface area contributed by atoms with Gasteiger partial charge in [0.05, 0.1) is 13.1 Å². The van der Waals surface area contributed by atoms with Crippen molar-refractivity contribution in [2.24, 2.45) is 5.92 Å². The largest absolute Gasteiger partial charge is 0.346 e. The van der Waals surface area contributed by atoms with Crippen LogP contribution in [-0.4, -0.2) is 24.9 Å². The van der Waals surface area contributed by atoms with Crippen molar-refractivity contribution in [3.05, 3.63) is 64.7 Å². The highest BCUT2D eigenvalue weighted by molar-refractivity contribution is 5.95. The molecule has 1 atom stereocenters. The van der Waals surface area contributed by atoms with Crippen molar-refractivity contribution in [2.45, 2.75) is 53.5 Å². The van der Waals surface area contributed by atoms with Crippen LogP contribution >= 0.6 is 0 Å². The topological polar surface area (TPSA) is 70.2 Å². The lowest BCUT2D eigenvalue weighted by molar-refractivity contribution is -0.123. The van der Waals surface area contributed by atoms with Crippen LogP contribution in [0.5, 0.6) is 0 Å². The first kappa shape index (κ1) is 23.6. The molecular weight excluding hydrogens is 374 g/mol. The normalized spacial score (nSPS) is 11.9. The summed E-state index contributed by atoms with van der Waals surface area (Å²) in [4.78, 5) is 24.5. The van der Waals surface area contributed by atoms with Crippen molar-refractivity contribution in [3.8, 4) is 0 Å². The van der Waals surface area contributed by atoms with Crippen molar-refractivity contribution in [1.82, 2.24) is 10.6 Å². The van der Waals surface area contributed by atoms with Gasteiger partial charge in [-0.3, -0.25) is 9.59 Å². The fourth-order valence-electron chi connectivity index (χ4n) is 3.44. The van der Waals surface area contributed by atoms with Gasteiger partial charge in [0, 0.05) is 11.7 Å². The summed E-state index contributed by atoms with van der Waals surface area (Å²) < 4.78 is 0. The van der Waals surface area contributed by atoms with E-state index in [9.17, 15) is 9.59 Å². The minimum atomic E-state index is -0.232. The van der Waals surface area contributed by atoms with E-state index < -0.39 is 0 Å². The summed E-state index contributed by atoms with van der Waals surface area (Å²) >= 11 is 0. The number of hydrogen-bond donors (Lipinski definition) is 3. The quantitative estimate of drug-likeness (QED) is 0.548. The molecule has 0 fully saturated rings. The molecule has 2 aromatic carbocycles. The molecule has 5 heteroatoms. The van der Waals surface area contributed by atoms with Crippen molar-refractivity contribution in [2.75, 3.05) is 18.4 Å². The highest BCUT2D eigenvalue weighted by atomic mass is 16.2. The first-order valence-corrected chi connectivity index (χ1v) is 10.8. The van der Waals surface area contributed by atoms with Crippen LogP contribution in [0, 0.1) is 19.8 Å². The molecule has 0 radical (unpaired) electrons. The Morgan fingerprint density at radius 2 is 1.63 bits per heavy atom. The molecule has 0 unspecified atom stereocenters. The van der Waals surface area contributed by atoms with Crippen LogP contribution in [-0.2, 0) is 16.0 Å². The molecule has 5 nitrogen and oxygen atoms in total. The zero-order chi connectivity index (χ0) is 22.1. The van der Waals surface area contributed by atoms with Gasteiger partial charge in [0.1, 0.15) is 0 Å². The smallest absolute Gasteiger partial charge is 0.243 e.